The molecule has 1 N–H and O–H groups in total. The highest BCUT2D eigenvalue weighted by molar-refractivity contribution is 5.77. The maximum Gasteiger partial charge on any atom is 0.257 e. The molecule has 0 spiro atoms. The van der Waals surface area contributed by atoms with Gasteiger partial charge in [-0.1, -0.05) is 18.2 Å². The Morgan fingerprint density at radius 2 is 2.08 bits per heavy atom. The number of carbonyl (C=O) groups is 1. The maximum absolute atomic E-state index is 11.9. The summed E-state index contributed by atoms with van der Waals surface area (Å²) in [4.78, 5) is 11.9. The van der Waals surface area contributed by atoms with Crippen LogP contribution >= 0.6 is 0 Å². The van der Waals surface area contributed by atoms with E-state index in [1.165, 1.54) is 0 Å². The van der Waals surface area contributed by atoms with Crippen molar-refractivity contribution >= 4 is 11.6 Å². The summed E-state index contributed by atoms with van der Waals surface area (Å²) in [6.07, 6.45) is 2.52. The molecule has 0 fully saturated rings. The van der Waals surface area contributed by atoms with Crippen molar-refractivity contribution in [2.24, 2.45) is 0 Å². The van der Waals surface area contributed by atoms with E-state index in [1.807, 2.05) is 60.8 Å². The van der Waals surface area contributed by atoms with Crippen LogP contribution in [0, 0.1) is 13.8 Å². The van der Waals surface area contributed by atoms with E-state index < -0.39 is 0 Å². The molecule has 6 heteroatoms. The number of nitrogens with zero attached hydrogens (tertiary/aromatic N) is 3. The highest BCUT2D eigenvalue weighted by Gasteiger charge is 2.07. The molecule has 0 radical (unpaired) electrons. The van der Waals surface area contributed by atoms with Gasteiger partial charge in [0.1, 0.15) is 11.6 Å². The Labute approximate surface area is 140 Å². The molecule has 0 aliphatic carbocycles. The Balaban J connectivity index is 1.48. The van der Waals surface area contributed by atoms with Gasteiger partial charge in [0.05, 0.1) is 0 Å². The summed E-state index contributed by atoms with van der Waals surface area (Å²) in [7, 11) is 0. The van der Waals surface area contributed by atoms with Gasteiger partial charge in [-0.15, -0.1) is 10.2 Å². The van der Waals surface area contributed by atoms with E-state index in [1.54, 1.807) is 0 Å². The summed E-state index contributed by atoms with van der Waals surface area (Å²) in [5, 5.41) is 11.1. The molecule has 0 aliphatic rings. The summed E-state index contributed by atoms with van der Waals surface area (Å²) in [6.45, 7) is 4.45. The molecule has 0 bridgehead atoms. The zero-order chi connectivity index (χ0) is 16.9. The van der Waals surface area contributed by atoms with E-state index >= 15 is 0 Å². The van der Waals surface area contributed by atoms with Gasteiger partial charge in [-0.25, -0.2) is 0 Å². The number of rotatable bonds is 6. The summed E-state index contributed by atoms with van der Waals surface area (Å²) in [5.41, 5.74) is 2.93. The fourth-order valence-electron chi connectivity index (χ4n) is 2.43. The van der Waals surface area contributed by atoms with Crippen LogP contribution < -0.4 is 10.1 Å². The van der Waals surface area contributed by atoms with Crippen molar-refractivity contribution in [1.82, 2.24) is 19.9 Å². The second-order valence-electron chi connectivity index (χ2n) is 5.70. The Morgan fingerprint density at radius 3 is 2.96 bits per heavy atom. The van der Waals surface area contributed by atoms with E-state index in [0.29, 0.717) is 13.0 Å². The van der Waals surface area contributed by atoms with E-state index in [-0.39, 0.29) is 12.5 Å². The zero-order valence-electron chi connectivity index (χ0n) is 13.8. The smallest absolute Gasteiger partial charge is 0.257 e. The van der Waals surface area contributed by atoms with Crippen LogP contribution in [0.5, 0.6) is 5.75 Å². The van der Waals surface area contributed by atoms with Crippen LogP contribution in [0.15, 0.2) is 42.6 Å². The molecule has 24 heavy (non-hydrogen) atoms. The molecular formula is C18H20N4O2. The Bertz CT molecular complexity index is 857. The van der Waals surface area contributed by atoms with Crippen LogP contribution in [0.3, 0.4) is 0 Å². The van der Waals surface area contributed by atoms with Crippen molar-refractivity contribution in [3.05, 3.63) is 59.5 Å². The van der Waals surface area contributed by atoms with E-state index in [9.17, 15) is 4.79 Å². The highest BCUT2D eigenvalue weighted by Crippen LogP contribution is 2.18. The molecule has 0 unspecified atom stereocenters. The van der Waals surface area contributed by atoms with Gasteiger partial charge in [-0.3, -0.25) is 9.20 Å². The number of hydrogen-bond donors (Lipinski definition) is 1. The van der Waals surface area contributed by atoms with Gasteiger partial charge in [0.2, 0.25) is 0 Å². The number of nitrogens with one attached hydrogen (secondary N) is 1. The lowest BCUT2D eigenvalue weighted by atomic mass is 10.1. The SMILES string of the molecule is Cc1ccc(C)c(OCC(=O)NCCc2nnc3ccccn23)c1. The van der Waals surface area contributed by atoms with Gasteiger partial charge in [0, 0.05) is 19.2 Å². The first kappa shape index (κ1) is 16.0. The quantitative estimate of drug-likeness (QED) is 0.754. The standard InChI is InChI=1S/C18H20N4O2/c1-13-6-7-14(2)15(11-13)24-12-18(23)19-9-8-17-21-20-16-5-3-4-10-22(16)17/h3-7,10-11H,8-9,12H2,1-2H3,(H,19,23). The molecule has 1 aromatic carbocycles. The normalized spacial score (nSPS) is 10.8. The number of aryl methyl sites for hydroxylation is 2. The average molecular weight is 324 g/mol. The second-order valence-corrected chi connectivity index (χ2v) is 5.70. The van der Waals surface area contributed by atoms with Crippen molar-refractivity contribution < 1.29 is 9.53 Å². The minimum atomic E-state index is -0.148. The number of amides is 1. The molecule has 1 amide bonds. The Morgan fingerprint density at radius 1 is 1.21 bits per heavy atom. The predicted molar refractivity (Wildman–Crippen MR) is 91.1 cm³/mol. The van der Waals surface area contributed by atoms with E-state index in [0.717, 1.165) is 28.3 Å². The maximum atomic E-state index is 11.9. The molecular weight excluding hydrogens is 304 g/mol. The number of carbonyl (C=O) groups excluding carboxylic acids is 1. The van der Waals surface area contributed by atoms with Crippen molar-refractivity contribution in [2.45, 2.75) is 20.3 Å². The Hall–Kier alpha value is -2.89. The minimum Gasteiger partial charge on any atom is -0.483 e. The third-order valence-corrected chi connectivity index (χ3v) is 3.76. The van der Waals surface area contributed by atoms with Crippen LogP contribution in [0.4, 0.5) is 0 Å². The molecule has 3 aromatic rings. The number of ether oxygens (including phenoxy) is 1. The van der Waals surface area contributed by atoms with Crippen molar-refractivity contribution in [2.75, 3.05) is 13.2 Å². The fourth-order valence-corrected chi connectivity index (χ4v) is 2.43. The van der Waals surface area contributed by atoms with Crippen LogP contribution in [0.2, 0.25) is 0 Å². The fraction of sp³-hybridized carbons (Fsp3) is 0.278. The lowest BCUT2D eigenvalue weighted by Crippen LogP contribution is -2.31. The number of fused-ring (bicyclic) bond motifs is 1. The summed E-state index contributed by atoms with van der Waals surface area (Å²) in [6, 6.07) is 11.7. The first-order valence-electron chi connectivity index (χ1n) is 7.89. The predicted octanol–water partition coefficient (Wildman–Crippen LogP) is 2.08. The average Bonchev–Trinajstić information content (AvgIpc) is 2.99. The van der Waals surface area contributed by atoms with E-state index in [4.69, 9.17) is 4.74 Å². The molecule has 0 atom stereocenters. The van der Waals surface area contributed by atoms with Crippen LogP contribution in [-0.2, 0) is 11.2 Å². The molecule has 0 aliphatic heterocycles. The van der Waals surface area contributed by atoms with Crippen LogP contribution in [0.1, 0.15) is 17.0 Å². The minimum absolute atomic E-state index is 0.00484. The molecule has 3 rings (SSSR count). The molecule has 124 valence electrons. The van der Waals surface area contributed by atoms with Gasteiger partial charge in [0.25, 0.3) is 5.91 Å². The zero-order valence-corrected chi connectivity index (χ0v) is 13.8. The van der Waals surface area contributed by atoms with Gasteiger partial charge < -0.3 is 10.1 Å². The van der Waals surface area contributed by atoms with Crippen molar-refractivity contribution in [3.8, 4) is 5.75 Å². The number of pyridine rings is 1. The van der Waals surface area contributed by atoms with Crippen LogP contribution in [-0.4, -0.2) is 33.7 Å². The largest absolute Gasteiger partial charge is 0.483 e. The molecule has 2 aromatic heterocycles. The van der Waals surface area contributed by atoms with E-state index in [2.05, 4.69) is 15.5 Å². The number of benzene rings is 1. The first-order valence-corrected chi connectivity index (χ1v) is 7.89. The third-order valence-electron chi connectivity index (χ3n) is 3.76. The lowest BCUT2D eigenvalue weighted by Gasteiger charge is -2.10. The van der Waals surface area contributed by atoms with Gasteiger partial charge in [0.15, 0.2) is 12.3 Å². The third kappa shape index (κ3) is 3.71. The second kappa shape index (κ2) is 7.12. The summed E-state index contributed by atoms with van der Waals surface area (Å²) in [5.74, 6) is 1.42. The van der Waals surface area contributed by atoms with Gasteiger partial charge in [-0.05, 0) is 43.2 Å². The Kier molecular flexibility index (Phi) is 4.74. The summed E-state index contributed by atoms with van der Waals surface area (Å²) >= 11 is 0. The molecule has 0 saturated carbocycles. The van der Waals surface area contributed by atoms with Gasteiger partial charge in [-0.2, -0.15) is 0 Å². The van der Waals surface area contributed by atoms with Gasteiger partial charge >= 0.3 is 0 Å². The molecule has 0 saturated heterocycles. The highest BCUT2D eigenvalue weighted by atomic mass is 16.5. The van der Waals surface area contributed by atoms with Crippen LogP contribution in [0.25, 0.3) is 5.65 Å². The first-order chi connectivity index (χ1) is 11.6. The molecule has 6 nitrogen and oxygen atoms in total. The number of hydrogen-bond acceptors (Lipinski definition) is 4. The lowest BCUT2D eigenvalue weighted by molar-refractivity contribution is -0.123. The van der Waals surface area contributed by atoms with Crippen molar-refractivity contribution in [3.63, 3.8) is 0 Å². The topological polar surface area (TPSA) is 68.5 Å². The van der Waals surface area contributed by atoms with Crippen molar-refractivity contribution in [1.29, 1.82) is 0 Å². The molecule has 2 heterocycles. The summed E-state index contributed by atoms with van der Waals surface area (Å²) < 4.78 is 7.51. The number of aromatic nitrogens is 3. The monoisotopic (exact) mass is 324 g/mol.